The van der Waals surface area contributed by atoms with Crippen LogP contribution in [0.3, 0.4) is 0 Å². The molecule has 1 saturated carbocycles. The molecule has 1 saturated heterocycles. The van der Waals surface area contributed by atoms with E-state index in [9.17, 15) is 0 Å². The maximum atomic E-state index is 5.99. The topological polar surface area (TPSA) is 67.1 Å². The third kappa shape index (κ3) is 1.39. The Morgan fingerprint density at radius 2 is 2.06 bits per heavy atom. The van der Waals surface area contributed by atoms with Crippen molar-refractivity contribution >= 4 is 5.95 Å². The molecule has 1 aliphatic carbocycles. The molecule has 0 bridgehead atoms. The summed E-state index contributed by atoms with van der Waals surface area (Å²) in [6, 6.07) is 0.732. The Morgan fingerprint density at radius 1 is 1.38 bits per heavy atom. The molecule has 0 aromatic carbocycles. The second-order valence-corrected chi connectivity index (χ2v) is 4.92. The van der Waals surface area contributed by atoms with Gasteiger partial charge in [0.05, 0.1) is 0 Å². The van der Waals surface area contributed by atoms with Crippen molar-refractivity contribution in [3.05, 3.63) is 18.0 Å². The van der Waals surface area contributed by atoms with E-state index < -0.39 is 0 Å². The van der Waals surface area contributed by atoms with Crippen molar-refractivity contribution in [2.45, 2.75) is 12.1 Å². The molecule has 5 nitrogen and oxygen atoms in total. The molecule has 1 aromatic rings. The van der Waals surface area contributed by atoms with Crippen LogP contribution in [0.15, 0.2) is 12.4 Å². The summed E-state index contributed by atoms with van der Waals surface area (Å²) in [7, 11) is 3.88. The molecule has 0 amide bonds. The molecule has 4 atom stereocenters. The highest BCUT2D eigenvalue weighted by Gasteiger charge is 2.56. The van der Waals surface area contributed by atoms with E-state index in [4.69, 9.17) is 5.73 Å². The van der Waals surface area contributed by atoms with Gasteiger partial charge in [0.15, 0.2) is 0 Å². The molecule has 3 rings (SSSR count). The molecule has 0 spiro atoms. The Bertz CT molecular complexity index is 388. The van der Waals surface area contributed by atoms with E-state index in [1.807, 2.05) is 31.4 Å². The number of fused-ring (bicyclic) bond motifs is 1. The number of hydrogen-bond acceptors (Lipinski definition) is 5. The molecule has 1 aromatic heterocycles. The van der Waals surface area contributed by atoms with Crippen LogP contribution in [0.5, 0.6) is 0 Å². The van der Waals surface area contributed by atoms with Crippen LogP contribution in [0, 0.1) is 11.8 Å². The van der Waals surface area contributed by atoms with Crippen LogP contribution < -0.4 is 16.0 Å². The lowest BCUT2D eigenvalue weighted by molar-refractivity contribution is 0.533. The van der Waals surface area contributed by atoms with Gasteiger partial charge in [0.1, 0.15) is 0 Å². The summed E-state index contributed by atoms with van der Waals surface area (Å²) in [5, 5.41) is 3.48. The fourth-order valence-electron chi connectivity index (χ4n) is 2.63. The van der Waals surface area contributed by atoms with Crippen LogP contribution in [-0.4, -0.2) is 36.6 Å². The first-order valence-corrected chi connectivity index (χ1v) is 5.66. The Kier molecular flexibility index (Phi) is 2.12. The predicted octanol–water partition coefficient (Wildman–Crippen LogP) is -0.240. The fourth-order valence-corrected chi connectivity index (χ4v) is 2.63. The third-order valence-corrected chi connectivity index (χ3v) is 3.67. The van der Waals surface area contributed by atoms with E-state index in [1.54, 1.807) is 0 Å². The van der Waals surface area contributed by atoms with Crippen LogP contribution in [0.25, 0.3) is 0 Å². The number of hydrogen-bond donors (Lipinski definition) is 2. The van der Waals surface area contributed by atoms with Gasteiger partial charge in [0.25, 0.3) is 0 Å². The lowest BCUT2D eigenvalue weighted by Crippen LogP contribution is -2.26. The summed E-state index contributed by atoms with van der Waals surface area (Å²) in [5.41, 5.74) is 7.15. The lowest BCUT2D eigenvalue weighted by Gasteiger charge is -2.15. The zero-order valence-corrected chi connectivity index (χ0v) is 9.59. The summed E-state index contributed by atoms with van der Waals surface area (Å²) < 4.78 is 0. The van der Waals surface area contributed by atoms with Gasteiger partial charge in [-0.25, -0.2) is 9.97 Å². The standard InChI is InChI=1S/C11H17N5/c1-16(2)11-14-3-6(4-15-11)10-8-7(5-13-10)9(8)12/h3-4,7-10,13H,5,12H2,1-2H3. The molecule has 86 valence electrons. The Balaban J connectivity index is 1.80. The summed E-state index contributed by atoms with van der Waals surface area (Å²) in [6.07, 6.45) is 3.82. The van der Waals surface area contributed by atoms with E-state index in [1.165, 1.54) is 0 Å². The largest absolute Gasteiger partial charge is 0.347 e. The maximum Gasteiger partial charge on any atom is 0.224 e. The summed E-state index contributed by atoms with van der Waals surface area (Å²) in [6.45, 7) is 1.03. The molecular formula is C11H17N5. The van der Waals surface area contributed by atoms with Crippen LogP contribution in [0.2, 0.25) is 0 Å². The smallest absolute Gasteiger partial charge is 0.224 e. The van der Waals surface area contributed by atoms with Gasteiger partial charge in [0.2, 0.25) is 5.95 Å². The third-order valence-electron chi connectivity index (χ3n) is 3.67. The highest BCUT2D eigenvalue weighted by Crippen LogP contribution is 2.50. The molecule has 1 aliphatic heterocycles. The number of rotatable bonds is 2. The molecule has 5 heteroatoms. The average Bonchev–Trinajstić information content (AvgIpc) is 2.77. The van der Waals surface area contributed by atoms with Crippen molar-refractivity contribution in [3.63, 3.8) is 0 Å². The quantitative estimate of drug-likeness (QED) is 0.718. The van der Waals surface area contributed by atoms with E-state index in [2.05, 4.69) is 15.3 Å². The van der Waals surface area contributed by atoms with Gasteiger partial charge in [-0.2, -0.15) is 0 Å². The second-order valence-electron chi connectivity index (χ2n) is 4.92. The minimum absolute atomic E-state index is 0.358. The van der Waals surface area contributed by atoms with Crippen molar-refractivity contribution in [1.82, 2.24) is 15.3 Å². The van der Waals surface area contributed by atoms with Crippen LogP contribution >= 0.6 is 0 Å². The average molecular weight is 219 g/mol. The van der Waals surface area contributed by atoms with Crippen LogP contribution in [-0.2, 0) is 0 Å². The van der Waals surface area contributed by atoms with Crippen molar-refractivity contribution in [2.24, 2.45) is 17.6 Å². The maximum absolute atomic E-state index is 5.99. The number of anilines is 1. The lowest BCUT2D eigenvalue weighted by atomic mass is 10.1. The first-order chi connectivity index (χ1) is 7.68. The molecule has 3 N–H and O–H groups in total. The summed E-state index contributed by atoms with van der Waals surface area (Å²) in [4.78, 5) is 10.6. The van der Waals surface area contributed by atoms with E-state index in [-0.39, 0.29) is 0 Å². The normalized spacial score (nSPS) is 35.9. The highest BCUT2D eigenvalue weighted by molar-refractivity contribution is 5.30. The zero-order chi connectivity index (χ0) is 11.3. The Hall–Kier alpha value is -1.20. The van der Waals surface area contributed by atoms with Gasteiger partial charge in [-0.1, -0.05) is 0 Å². The van der Waals surface area contributed by atoms with Crippen molar-refractivity contribution in [1.29, 1.82) is 0 Å². The molecule has 2 aliphatic rings. The molecule has 2 fully saturated rings. The SMILES string of the molecule is CN(C)c1ncc(C2NCC3C(N)C23)cn1. The Morgan fingerprint density at radius 3 is 2.56 bits per heavy atom. The fraction of sp³-hybridized carbons (Fsp3) is 0.636. The number of nitrogens with two attached hydrogens (primary N) is 1. The van der Waals surface area contributed by atoms with Crippen molar-refractivity contribution in [3.8, 4) is 0 Å². The predicted molar refractivity (Wildman–Crippen MR) is 62.1 cm³/mol. The Labute approximate surface area is 95.1 Å². The number of nitrogens with zero attached hydrogens (tertiary/aromatic N) is 3. The number of piperidine rings is 1. The molecule has 0 radical (unpaired) electrons. The minimum atomic E-state index is 0.358. The van der Waals surface area contributed by atoms with Crippen molar-refractivity contribution < 1.29 is 0 Å². The molecule has 16 heavy (non-hydrogen) atoms. The van der Waals surface area contributed by atoms with Gasteiger partial charge in [-0.3, -0.25) is 0 Å². The van der Waals surface area contributed by atoms with E-state index >= 15 is 0 Å². The first-order valence-electron chi connectivity index (χ1n) is 5.66. The van der Waals surface area contributed by atoms with Gasteiger partial charge in [-0.05, 0) is 11.8 Å². The van der Waals surface area contributed by atoms with Gasteiger partial charge >= 0.3 is 0 Å². The molecule has 2 heterocycles. The summed E-state index contributed by atoms with van der Waals surface area (Å²) in [5.74, 6) is 2.01. The monoisotopic (exact) mass is 219 g/mol. The highest BCUT2D eigenvalue weighted by atomic mass is 15.2. The van der Waals surface area contributed by atoms with Crippen LogP contribution in [0.1, 0.15) is 11.6 Å². The molecule has 4 unspecified atom stereocenters. The van der Waals surface area contributed by atoms with Crippen LogP contribution in [0.4, 0.5) is 5.95 Å². The van der Waals surface area contributed by atoms with Crippen molar-refractivity contribution in [2.75, 3.05) is 25.5 Å². The summed E-state index contributed by atoms with van der Waals surface area (Å²) >= 11 is 0. The number of nitrogens with one attached hydrogen (secondary N) is 1. The van der Waals surface area contributed by atoms with E-state index in [0.29, 0.717) is 23.9 Å². The van der Waals surface area contributed by atoms with E-state index in [0.717, 1.165) is 18.1 Å². The minimum Gasteiger partial charge on any atom is -0.347 e. The first kappa shape index (κ1) is 9.99. The van der Waals surface area contributed by atoms with Gasteiger partial charge in [0, 0.05) is 50.7 Å². The number of aromatic nitrogens is 2. The zero-order valence-electron chi connectivity index (χ0n) is 9.59. The second kappa shape index (κ2) is 3.40. The van der Waals surface area contributed by atoms with Gasteiger partial charge in [-0.15, -0.1) is 0 Å². The molecular weight excluding hydrogens is 202 g/mol. The van der Waals surface area contributed by atoms with Gasteiger partial charge < -0.3 is 16.0 Å².